The Balaban J connectivity index is 2.69. The Bertz CT molecular complexity index is 400. The highest BCUT2D eigenvalue weighted by Gasteiger charge is 2.31. The van der Waals surface area contributed by atoms with Crippen LogP contribution in [0, 0.1) is 6.92 Å². The zero-order valence-electron chi connectivity index (χ0n) is 11.1. The zero-order valence-corrected chi connectivity index (χ0v) is 14.3. The zero-order chi connectivity index (χ0) is 15.2. The number of hydrogen-bond acceptors (Lipinski definition) is 1. The van der Waals surface area contributed by atoms with Crippen LogP contribution >= 0.6 is 31.9 Å². The van der Waals surface area contributed by atoms with Gasteiger partial charge in [0.25, 0.3) is 0 Å². The molecule has 6 heteroatoms. The Labute approximate surface area is 134 Å². The van der Waals surface area contributed by atoms with Crippen molar-refractivity contribution in [2.75, 3.05) is 23.9 Å². The van der Waals surface area contributed by atoms with Gasteiger partial charge in [0.2, 0.25) is 0 Å². The minimum absolute atomic E-state index is 0.0740. The first-order chi connectivity index (χ1) is 9.33. The lowest BCUT2D eigenvalue weighted by Crippen LogP contribution is -2.32. The van der Waals surface area contributed by atoms with Gasteiger partial charge in [-0.25, -0.2) is 0 Å². The van der Waals surface area contributed by atoms with Crippen molar-refractivity contribution in [2.24, 2.45) is 0 Å². The Morgan fingerprint density at radius 2 is 1.60 bits per heavy atom. The van der Waals surface area contributed by atoms with Gasteiger partial charge < -0.3 is 4.74 Å². The summed E-state index contributed by atoms with van der Waals surface area (Å²) in [7, 11) is 0. The van der Waals surface area contributed by atoms with Crippen LogP contribution in [0.2, 0.25) is 0 Å². The van der Waals surface area contributed by atoms with Crippen LogP contribution in [-0.4, -0.2) is 30.1 Å². The minimum Gasteiger partial charge on any atom is -0.372 e. The highest BCUT2D eigenvalue weighted by atomic mass is 79.9. The van der Waals surface area contributed by atoms with Gasteiger partial charge in [0, 0.05) is 22.7 Å². The van der Waals surface area contributed by atoms with Crippen LogP contribution in [-0.2, 0) is 10.2 Å². The fourth-order valence-corrected chi connectivity index (χ4v) is 3.97. The van der Waals surface area contributed by atoms with Crippen LogP contribution in [0.5, 0.6) is 0 Å². The molecule has 0 heterocycles. The number of aryl methyl sites for hydroxylation is 1. The standard InChI is InChI=1S/C14H17Br2F3O/c1-11-2-4-12(5-3-11)13(8-15,9-16)6-7-20-10-14(17,18)19/h2-5H,6-10H2,1H3. The largest absolute Gasteiger partial charge is 0.411 e. The average molecular weight is 418 g/mol. The summed E-state index contributed by atoms with van der Waals surface area (Å²) in [4.78, 5) is 0. The molecule has 1 aromatic rings. The third-order valence-electron chi connectivity index (χ3n) is 3.17. The van der Waals surface area contributed by atoms with E-state index in [9.17, 15) is 13.2 Å². The molecule has 0 saturated heterocycles. The number of halogens is 5. The Morgan fingerprint density at radius 1 is 1.05 bits per heavy atom. The molecule has 0 amide bonds. The van der Waals surface area contributed by atoms with Crippen LogP contribution in [0.3, 0.4) is 0 Å². The van der Waals surface area contributed by atoms with Gasteiger partial charge in [0.1, 0.15) is 6.61 Å². The molecule has 20 heavy (non-hydrogen) atoms. The molecule has 1 aromatic carbocycles. The van der Waals surface area contributed by atoms with Crippen molar-refractivity contribution in [1.29, 1.82) is 0 Å². The number of ether oxygens (including phenoxy) is 1. The molecule has 0 spiro atoms. The summed E-state index contributed by atoms with van der Waals surface area (Å²) in [5, 5.41) is 1.31. The summed E-state index contributed by atoms with van der Waals surface area (Å²) >= 11 is 6.94. The van der Waals surface area contributed by atoms with E-state index in [4.69, 9.17) is 4.74 Å². The Kier molecular flexibility index (Phi) is 7.01. The van der Waals surface area contributed by atoms with E-state index < -0.39 is 12.8 Å². The SMILES string of the molecule is Cc1ccc(C(CBr)(CBr)CCOCC(F)(F)F)cc1. The molecule has 0 atom stereocenters. The highest BCUT2D eigenvalue weighted by molar-refractivity contribution is 9.09. The van der Waals surface area contributed by atoms with Crippen LogP contribution in [0.4, 0.5) is 13.2 Å². The second-order valence-electron chi connectivity index (χ2n) is 4.83. The molecule has 0 radical (unpaired) electrons. The molecule has 0 bridgehead atoms. The van der Waals surface area contributed by atoms with Gasteiger partial charge in [-0.1, -0.05) is 61.7 Å². The van der Waals surface area contributed by atoms with E-state index in [-0.39, 0.29) is 12.0 Å². The molecule has 1 rings (SSSR count). The first-order valence-electron chi connectivity index (χ1n) is 6.16. The molecule has 0 aliphatic rings. The predicted molar refractivity (Wildman–Crippen MR) is 81.9 cm³/mol. The molecule has 1 nitrogen and oxygen atoms in total. The van der Waals surface area contributed by atoms with Gasteiger partial charge >= 0.3 is 6.18 Å². The van der Waals surface area contributed by atoms with E-state index >= 15 is 0 Å². The van der Waals surface area contributed by atoms with Gasteiger partial charge in [0.05, 0.1) is 0 Å². The maximum atomic E-state index is 12.1. The van der Waals surface area contributed by atoms with E-state index in [2.05, 4.69) is 31.9 Å². The van der Waals surface area contributed by atoms with Crippen molar-refractivity contribution in [3.63, 3.8) is 0 Å². The number of hydrogen-bond donors (Lipinski definition) is 0. The molecule has 0 unspecified atom stereocenters. The van der Waals surface area contributed by atoms with E-state index in [1.54, 1.807) is 0 Å². The third kappa shape index (κ3) is 5.37. The summed E-state index contributed by atoms with van der Waals surface area (Å²) in [5.74, 6) is 0. The molecule has 0 aliphatic heterocycles. The quantitative estimate of drug-likeness (QED) is 0.448. The molecule has 0 aliphatic carbocycles. The van der Waals surface area contributed by atoms with E-state index in [0.717, 1.165) is 11.1 Å². The van der Waals surface area contributed by atoms with Crippen molar-refractivity contribution < 1.29 is 17.9 Å². The van der Waals surface area contributed by atoms with Gasteiger partial charge in [-0.15, -0.1) is 0 Å². The fraction of sp³-hybridized carbons (Fsp3) is 0.571. The second kappa shape index (κ2) is 7.80. The normalized spacial score (nSPS) is 12.7. The summed E-state index contributed by atoms with van der Waals surface area (Å²) < 4.78 is 40.9. The molecule has 0 fully saturated rings. The van der Waals surface area contributed by atoms with Gasteiger partial charge in [-0.3, -0.25) is 0 Å². The van der Waals surface area contributed by atoms with Crippen LogP contribution in [0.1, 0.15) is 17.5 Å². The lowest BCUT2D eigenvalue weighted by Gasteiger charge is -2.31. The number of benzene rings is 1. The van der Waals surface area contributed by atoms with Crippen molar-refractivity contribution >= 4 is 31.9 Å². The fourth-order valence-electron chi connectivity index (χ4n) is 1.83. The number of rotatable bonds is 7. The lowest BCUT2D eigenvalue weighted by molar-refractivity contribution is -0.174. The number of alkyl halides is 5. The van der Waals surface area contributed by atoms with E-state index in [1.807, 2.05) is 31.2 Å². The summed E-state index contributed by atoms with van der Waals surface area (Å²) in [6.07, 6.45) is -3.75. The van der Waals surface area contributed by atoms with Gasteiger partial charge in [-0.2, -0.15) is 13.2 Å². The average Bonchev–Trinajstić information content (AvgIpc) is 2.40. The van der Waals surface area contributed by atoms with Crippen LogP contribution in [0.25, 0.3) is 0 Å². The summed E-state index contributed by atoms with van der Waals surface area (Å²) in [6, 6.07) is 8.04. The molecular weight excluding hydrogens is 401 g/mol. The first kappa shape index (κ1) is 18.0. The van der Waals surface area contributed by atoms with Crippen LogP contribution in [0.15, 0.2) is 24.3 Å². The maximum Gasteiger partial charge on any atom is 0.411 e. The highest BCUT2D eigenvalue weighted by Crippen LogP contribution is 2.33. The smallest absolute Gasteiger partial charge is 0.372 e. The predicted octanol–water partition coefficient (Wildman–Crippen LogP) is 4.99. The van der Waals surface area contributed by atoms with Crippen molar-refractivity contribution in [3.05, 3.63) is 35.4 Å². The Hall–Kier alpha value is -0.0700. The third-order valence-corrected chi connectivity index (χ3v) is 5.31. The molecule has 114 valence electrons. The lowest BCUT2D eigenvalue weighted by atomic mass is 9.81. The molecule has 0 saturated carbocycles. The van der Waals surface area contributed by atoms with Crippen molar-refractivity contribution in [1.82, 2.24) is 0 Å². The first-order valence-corrected chi connectivity index (χ1v) is 8.41. The second-order valence-corrected chi connectivity index (χ2v) is 5.95. The van der Waals surface area contributed by atoms with E-state index in [1.165, 1.54) is 0 Å². The van der Waals surface area contributed by atoms with Gasteiger partial charge in [-0.05, 0) is 18.9 Å². The molecule has 0 aromatic heterocycles. The van der Waals surface area contributed by atoms with Crippen LogP contribution < -0.4 is 0 Å². The molecule has 0 N–H and O–H groups in total. The van der Waals surface area contributed by atoms with Gasteiger partial charge in [0.15, 0.2) is 0 Å². The minimum atomic E-state index is -4.27. The summed E-state index contributed by atoms with van der Waals surface area (Å²) in [6.45, 7) is 0.881. The topological polar surface area (TPSA) is 9.23 Å². The summed E-state index contributed by atoms with van der Waals surface area (Å²) in [5.41, 5.74) is 1.98. The van der Waals surface area contributed by atoms with E-state index in [0.29, 0.717) is 17.1 Å². The van der Waals surface area contributed by atoms with Crippen molar-refractivity contribution in [3.8, 4) is 0 Å². The monoisotopic (exact) mass is 416 g/mol. The maximum absolute atomic E-state index is 12.1. The van der Waals surface area contributed by atoms with Crippen molar-refractivity contribution in [2.45, 2.75) is 24.9 Å². The molecular formula is C14H17Br2F3O. The Morgan fingerprint density at radius 3 is 2.05 bits per heavy atom.